The standard InChI is InChI=1S/C15H15NO2.C14H13Br.C14H15N.C14H14.C7H9BO2.C7H7Br/c1-16-10-13-4-2-3-5-14(13)11-6-8-12(9-7-11)15(17)18;2*1-11-6-8-12(9-7-11)14-5-3-2-4-13(14)10-15;1-11-7-9-13(10-8-11)14-6-4-3-5-12(14)2;1-6-4-2-3-5-7(6)8(9)10;1-6-2-4-7(8)5-3-6/h2-9,16H,10H2,1H3,(H,17,18);2-9H,10H2,1H3;2-9H,10,15H2,1H3;3-10H,1-2H3;2-5,9-10H,1H3;2-5H,1H3. The van der Waals surface area contributed by atoms with Crippen LogP contribution in [0.1, 0.15) is 60.4 Å². The van der Waals surface area contributed by atoms with E-state index in [0.717, 1.165) is 33.0 Å². The number of aryl methyl sites for hydroxylation is 6. The number of hydrogen-bond donors (Lipinski definition) is 5. The monoisotopic (exact) mass is 1190 g/mol. The van der Waals surface area contributed by atoms with Crippen molar-refractivity contribution < 1.29 is 19.9 Å². The van der Waals surface area contributed by atoms with Crippen LogP contribution in [0.5, 0.6) is 0 Å². The van der Waals surface area contributed by atoms with E-state index in [0.29, 0.717) is 17.6 Å². The van der Waals surface area contributed by atoms with Crippen molar-refractivity contribution in [2.75, 3.05) is 7.05 Å². The number of alkyl halides is 1. The average Bonchev–Trinajstić information content (AvgIpc) is 3.48. The summed E-state index contributed by atoms with van der Waals surface area (Å²) in [5, 5.41) is 30.4. The second-order valence-corrected chi connectivity index (χ2v) is 20.6. The summed E-state index contributed by atoms with van der Waals surface area (Å²) in [6.45, 7) is 13.8. The van der Waals surface area contributed by atoms with Crippen LogP contribution >= 0.6 is 31.9 Å². The average molecular weight is 1190 g/mol. The molecular formula is C71H73BBr2N2O4. The molecule has 0 fully saturated rings. The van der Waals surface area contributed by atoms with Crippen molar-refractivity contribution in [3.8, 4) is 44.5 Å². The first-order valence-corrected chi connectivity index (χ1v) is 28.4. The van der Waals surface area contributed by atoms with E-state index in [1.807, 2.05) is 80.7 Å². The van der Waals surface area contributed by atoms with Crippen molar-refractivity contribution >= 4 is 50.4 Å². The molecule has 0 heterocycles. The number of nitrogens with one attached hydrogen (secondary N) is 1. The predicted molar refractivity (Wildman–Crippen MR) is 347 cm³/mol. The predicted octanol–water partition coefficient (Wildman–Crippen LogP) is 16.9. The van der Waals surface area contributed by atoms with E-state index >= 15 is 0 Å². The van der Waals surface area contributed by atoms with Crippen LogP contribution < -0.4 is 16.5 Å². The Bertz CT molecular complexity index is 3310. The smallest absolute Gasteiger partial charge is 0.478 e. The zero-order valence-electron chi connectivity index (χ0n) is 46.9. The van der Waals surface area contributed by atoms with E-state index in [1.54, 1.807) is 24.3 Å². The van der Waals surface area contributed by atoms with Gasteiger partial charge in [-0.05, 0) is 145 Å². The van der Waals surface area contributed by atoms with Gasteiger partial charge in [0, 0.05) is 22.9 Å². The normalized spacial score (nSPS) is 10.1. The van der Waals surface area contributed by atoms with Gasteiger partial charge >= 0.3 is 13.1 Å². The number of hydrogen-bond acceptors (Lipinski definition) is 5. The largest absolute Gasteiger partial charge is 0.488 e. The number of benzene rings is 10. The van der Waals surface area contributed by atoms with E-state index in [1.165, 1.54) is 77.9 Å². The van der Waals surface area contributed by atoms with Gasteiger partial charge in [-0.25, -0.2) is 4.79 Å². The van der Waals surface area contributed by atoms with Crippen molar-refractivity contribution in [1.29, 1.82) is 0 Å². The Morgan fingerprint density at radius 3 is 1.15 bits per heavy atom. The molecule has 0 radical (unpaired) electrons. The summed E-state index contributed by atoms with van der Waals surface area (Å²) in [7, 11) is 0.561. The van der Waals surface area contributed by atoms with Crippen molar-refractivity contribution in [3.05, 3.63) is 303 Å². The first-order chi connectivity index (χ1) is 38.6. The molecule has 408 valence electrons. The van der Waals surface area contributed by atoms with E-state index in [9.17, 15) is 4.79 Å². The van der Waals surface area contributed by atoms with Crippen LogP contribution in [0.15, 0.2) is 247 Å². The summed E-state index contributed by atoms with van der Waals surface area (Å²) in [4.78, 5) is 10.8. The molecule has 0 aliphatic carbocycles. The summed E-state index contributed by atoms with van der Waals surface area (Å²) in [5.41, 5.74) is 27.6. The first-order valence-electron chi connectivity index (χ1n) is 26.5. The van der Waals surface area contributed by atoms with Gasteiger partial charge in [-0.3, -0.25) is 0 Å². The van der Waals surface area contributed by atoms with Gasteiger partial charge in [0.15, 0.2) is 0 Å². The lowest BCUT2D eigenvalue weighted by Crippen LogP contribution is -2.31. The Morgan fingerprint density at radius 2 is 0.775 bits per heavy atom. The molecule has 0 atom stereocenters. The minimum absolute atomic E-state index is 0.310. The number of rotatable bonds is 10. The third-order valence-corrected chi connectivity index (χ3v) is 14.1. The number of aromatic carboxylic acids is 1. The lowest BCUT2D eigenvalue weighted by molar-refractivity contribution is 0.0697. The molecule has 10 rings (SSSR count). The number of nitrogens with two attached hydrogens (primary N) is 1. The lowest BCUT2D eigenvalue weighted by atomic mass is 9.77. The molecule has 0 aliphatic heterocycles. The minimum Gasteiger partial charge on any atom is -0.478 e. The summed E-state index contributed by atoms with van der Waals surface area (Å²) in [6.07, 6.45) is 0. The van der Waals surface area contributed by atoms with Gasteiger partial charge in [0.05, 0.1) is 5.56 Å². The molecule has 9 heteroatoms. The van der Waals surface area contributed by atoms with Crippen molar-refractivity contribution in [2.24, 2.45) is 5.73 Å². The summed E-state index contributed by atoms with van der Waals surface area (Å²) >= 11 is 6.87. The molecule has 10 aromatic carbocycles. The first kappa shape index (κ1) is 63.4. The summed E-state index contributed by atoms with van der Waals surface area (Å²) < 4.78 is 1.14. The Balaban J connectivity index is 0.000000179. The fourth-order valence-corrected chi connectivity index (χ4v) is 9.10. The van der Waals surface area contributed by atoms with E-state index in [4.69, 9.17) is 20.9 Å². The van der Waals surface area contributed by atoms with E-state index in [2.05, 4.69) is 223 Å². The maximum Gasteiger partial charge on any atom is 0.488 e. The van der Waals surface area contributed by atoms with Gasteiger partial charge in [-0.2, -0.15) is 0 Å². The van der Waals surface area contributed by atoms with E-state index in [-0.39, 0.29) is 0 Å². The highest BCUT2D eigenvalue weighted by Gasteiger charge is 2.12. The van der Waals surface area contributed by atoms with Crippen LogP contribution in [0.4, 0.5) is 0 Å². The molecule has 10 aromatic rings. The van der Waals surface area contributed by atoms with Gasteiger partial charge in [0.2, 0.25) is 0 Å². The maximum atomic E-state index is 10.8. The van der Waals surface area contributed by atoms with Gasteiger partial charge in [0.1, 0.15) is 0 Å². The zero-order chi connectivity index (χ0) is 57.8. The van der Waals surface area contributed by atoms with Crippen LogP contribution in [0, 0.1) is 41.5 Å². The molecule has 80 heavy (non-hydrogen) atoms. The molecule has 0 saturated carbocycles. The van der Waals surface area contributed by atoms with Crippen LogP contribution in [0.25, 0.3) is 44.5 Å². The van der Waals surface area contributed by atoms with Crippen LogP contribution in [0.2, 0.25) is 0 Å². The highest BCUT2D eigenvalue weighted by molar-refractivity contribution is 9.10. The number of carboxylic acid groups (broad SMARTS) is 1. The number of carbonyl (C=O) groups is 1. The number of halogens is 2. The minimum atomic E-state index is -1.35. The second kappa shape index (κ2) is 33.9. The topological polar surface area (TPSA) is 116 Å². The van der Waals surface area contributed by atoms with Gasteiger partial charge in [0.25, 0.3) is 0 Å². The van der Waals surface area contributed by atoms with Gasteiger partial charge < -0.3 is 26.2 Å². The third kappa shape index (κ3) is 20.6. The SMILES string of the molecule is CNCc1ccccc1-c1ccc(C(=O)O)cc1.Cc1ccc(-c2ccccc2C)cc1.Cc1ccc(-c2ccccc2CBr)cc1.Cc1ccc(-c2ccccc2CN)cc1.Cc1ccc(Br)cc1.Cc1ccccc1B(O)O. The van der Waals surface area contributed by atoms with Crippen LogP contribution in [-0.2, 0) is 18.4 Å². The Labute approximate surface area is 492 Å². The lowest BCUT2D eigenvalue weighted by Gasteiger charge is -2.09. The molecule has 0 unspecified atom stereocenters. The molecule has 0 amide bonds. The summed E-state index contributed by atoms with van der Waals surface area (Å²) in [5.74, 6) is -0.898. The van der Waals surface area contributed by atoms with Crippen molar-refractivity contribution in [2.45, 2.75) is 60.0 Å². The van der Waals surface area contributed by atoms with Crippen LogP contribution in [0.3, 0.4) is 0 Å². The van der Waals surface area contributed by atoms with Crippen molar-refractivity contribution in [3.63, 3.8) is 0 Å². The molecule has 0 aliphatic rings. The second-order valence-electron chi connectivity index (χ2n) is 19.2. The number of carboxylic acids is 1. The maximum absolute atomic E-state index is 10.8. The Morgan fingerprint density at radius 1 is 0.438 bits per heavy atom. The highest BCUT2D eigenvalue weighted by Crippen LogP contribution is 2.28. The molecule has 0 aromatic heterocycles. The van der Waals surface area contributed by atoms with Crippen LogP contribution in [-0.4, -0.2) is 35.3 Å². The molecule has 0 spiro atoms. The Kier molecular flexibility index (Phi) is 26.8. The molecule has 0 bridgehead atoms. The molecule has 6 N–H and O–H groups in total. The fraction of sp³-hybridized carbons (Fsp3) is 0.141. The molecule has 0 saturated heterocycles. The zero-order valence-corrected chi connectivity index (χ0v) is 50.0. The highest BCUT2D eigenvalue weighted by atomic mass is 79.9. The van der Waals surface area contributed by atoms with Crippen molar-refractivity contribution in [1.82, 2.24) is 5.32 Å². The quantitative estimate of drug-likeness (QED) is 0.0688. The molecular weight excluding hydrogens is 1120 g/mol. The Hall–Kier alpha value is -7.47. The van der Waals surface area contributed by atoms with Gasteiger partial charge in [-0.15, -0.1) is 0 Å². The fourth-order valence-electron chi connectivity index (χ4n) is 8.34. The third-order valence-electron chi connectivity index (χ3n) is 12.9. The molecule has 6 nitrogen and oxygen atoms in total. The van der Waals surface area contributed by atoms with Gasteiger partial charge in [-0.1, -0.05) is 278 Å². The summed E-state index contributed by atoms with van der Waals surface area (Å²) in [6, 6.07) is 81.6. The van der Waals surface area contributed by atoms with E-state index < -0.39 is 13.1 Å².